The molecule has 0 aromatic carbocycles. The summed E-state index contributed by atoms with van der Waals surface area (Å²) in [6, 6.07) is 0. The third kappa shape index (κ3) is 1.27. The maximum absolute atomic E-state index is 4.42. The van der Waals surface area contributed by atoms with Gasteiger partial charge in [-0.25, -0.2) is 9.50 Å². The molecular formula is C7H8BrN3S. The van der Waals surface area contributed by atoms with Crippen LogP contribution in [0.15, 0.2) is 10.1 Å². The highest BCUT2D eigenvalue weighted by molar-refractivity contribution is 9.11. The third-order valence-electron chi connectivity index (χ3n) is 1.63. The van der Waals surface area contributed by atoms with E-state index in [-0.39, 0.29) is 0 Å². The smallest absolute Gasteiger partial charge is 0.213 e. The average molecular weight is 246 g/mol. The Morgan fingerprint density at radius 2 is 2.33 bits per heavy atom. The Balaban J connectivity index is 2.57. The van der Waals surface area contributed by atoms with Gasteiger partial charge in [0.25, 0.3) is 0 Å². The summed E-state index contributed by atoms with van der Waals surface area (Å²) in [5.41, 5.74) is 1.10. The van der Waals surface area contributed by atoms with Crippen LogP contribution in [0.1, 0.15) is 25.5 Å². The van der Waals surface area contributed by atoms with Gasteiger partial charge >= 0.3 is 0 Å². The minimum absolute atomic E-state index is 0.470. The van der Waals surface area contributed by atoms with Gasteiger partial charge in [0.05, 0.1) is 11.9 Å². The van der Waals surface area contributed by atoms with Crippen molar-refractivity contribution in [3.63, 3.8) is 0 Å². The van der Waals surface area contributed by atoms with Gasteiger partial charge in [-0.3, -0.25) is 0 Å². The molecule has 0 aliphatic carbocycles. The van der Waals surface area contributed by atoms with Crippen molar-refractivity contribution in [3.05, 3.63) is 15.8 Å². The second-order valence-electron chi connectivity index (χ2n) is 2.90. The SMILES string of the molecule is CC(C)c1cn2nc(Br)sc2n1. The van der Waals surface area contributed by atoms with Crippen molar-refractivity contribution in [2.24, 2.45) is 0 Å². The lowest BCUT2D eigenvalue weighted by Gasteiger charge is -1.94. The van der Waals surface area contributed by atoms with Crippen LogP contribution >= 0.6 is 27.3 Å². The summed E-state index contributed by atoms with van der Waals surface area (Å²) in [6.45, 7) is 4.25. The fourth-order valence-corrected chi connectivity index (χ4v) is 2.19. The molecule has 0 aliphatic heterocycles. The second-order valence-corrected chi connectivity index (χ2v) is 5.13. The molecule has 0 unspecified atom stereocenters. The first-order valence-corrected chi connectivity index (χ1v) is 5.29. The first kappa shape index (κ1) is 8.19. The summed E-state index contributed by atoms with van der Waals surface area (Å²) >= 11 is 4.86. The molecule has 0 N–H and O–H groups in total. The number of aromatic nitrogens is 3. The van der Waals surface area contributed by atoms with E-state index >= 15 is 0 Å². The second kappa shape index (κ2) is 2.81. The minimum Gasteiger partial charge on any atom is -0.222 e. The molecule has 2 rings (SSSR count). The molecule has 12 heavy (non-hydrogen) atoms. The van der Waals surface area contributed by atoms with Crippen molar-refractivity contribution in [2.75, 3.05) is 0 Å². The van der Waals surface area contributed by atoms with Crippen LogP contribution in [-0.2, 0) is 0 Å². The van der Waals surface area contributed by atoms with Gasteiger partial charge in [0.1, 0.15) is 0 Å². The first-order chi connectivity index (χ1) is 5.66. The van der Waals surface area contributed by atoms with Crippen LogP contribution in [0.3, 0.4) is 0 Å². The van der Waals surface area contributed by atoms with Crippen molar-refractivity contribution in [2.45, 2.75) is 19.8 Å². The molecule has 2 aromatic heterocycles. The van der Waals surface area contributed by atoms with Crippen LogP contribution in [0, 0.1) is 0 Å². The summed E-state index contributed by atoms with van der Waals surface area (Å²) in [6.07, 6.45) is 1.97. The van der Waals surface area contributed by atoms with Crippen LogP contribution in [0.4, 0.5) is 0 Å². The number of halogens is 1. The monoisotopic (exact) mass is 245 g/mol. The lowest BCUT2D eigenvalue weighted by Crippen LogP contribution is -1.85. The van der Waals surface area contributed by atoms with Crippen LogP contribution < -0.4 is 0 Å². The molecule has 64 valence electrons. The molecule has 0 saturated heterocycles. The summed E-state index contributed by atoms with van der Waals surface area (Å²) in [4.78, 5) is 5.37. The maximum atomic E-state index is 4.42. The van der Waals surface area contributed by atoms with Crippen LogP contribution in [0.5, 0.6) is 0 Å². The Kier molecular flexibility index (Phi) is 1.92. The fourth-order valence-electron chi connectivity index (χ4n) is 0.971. The molecule has 3 nitrogen and oxygen atoms in total. The van der Waals surface area contributed by atoms with E-state index in [1.165, 1.54) is 0 Å². The van der Waals surface area contributed by atoms with E-state index in [0.717, 1.165) is 14.6 Å². The van der Waals surface area contributed by atoms with E-state index in [2.05, 4.69) is 39.9 Å². The molecule has 0 saturated carbocycles. The van der Waals surface area contributed by atoms with E-state index in [4.69, 9.17) is 0 Å². The predicted octanol–water partition coefficient (Wildman–Crippen LogP) is 2.68. The number of hydrogen-bond acceptors (Lipinski definition) is 3. The highest BCUT2D eigenvalue weighted by Crippen LogP contribution is 2.21. The topological polar surface area (TPSA) is 30.2 Å². The molecule has 0 amide bonds. The van der Waals surface area contributed by atoms with Gasteiger partial charge in [-0.15, -0.1) is 5.10 Å². The Bertz CT molecular complexity index is 372. The maximum Gasteiger partial charge on any atom is 0.213 e. The first-order valence-electron chi connectivity index (χ1n) is 3.68. The van der Waals surface area contributed by atoms with Crippen molar-refractivity contribution in [1.29, 1.82) is 0 Å². The number of rotatable bonds is 1. The normalized spacial score (nSPS) is 11.7. The Morgan fingerprint density at radius 1 is 1.58 bits per heavy atom. The average Bonchev–Trinajstić information content (AvgIpc) is 2.42. The van der Waals surface area contributed by atoms with Crippen molar-refractivity contribution < 1.29 is 0 Å². The van der Waals surface area contributed by atoms with E-state index in [9.17, 15) is 0 Å². The Morgan fingerprint density at radius 3 is 2.92 bits per heavy atom. The molecule has 2 aromatic rings. The molecule has 2 heterocycles. The van der Waals surface area contributed by atoms with Crippen molar-refractivity contribution in [1.82, 2.24) is 14.6 Å². The summed E-state index contributed by atoms with van der Waals surface area (Å²) in [5.74, 6) is 0.470. The van der Waals surface area contributed by atoms with Gasteiger partial charge in [0.15, 0.2) is 3.92 Å². The highest BCUT2D eigenvalue weighted by Gasteiger charge is 2.08. The van der Waals surface area contributed by atoms with Crippen LogP contribution in [0.25, 0.3) is 4.96 Å². The zero-order valence-corrected chi connectivity index (χ0v) is 9.19. The molecular weight excluding hydrogens is 238 g/mol. The highest BCUT2D eigenvalue weighted by atomic mass is 79.9. The largest absolute Gasteiger partial charge is 0.222 e. The van der Waals surface area contributed by atoms with Gasteiger partial charge in [-0.1, -0.05) is 25.2 Å². The summed E-state index contributed by atoms with van der Waals surface area (Å²) in [5, 5.41) is 4.21. The van der Waals surface area contributed by atoms with Crippen LogP contribution in [-0.4, -0.2) is 14.6 Å². The minimum atomic E-state index is 0.470. The lowest BCUT2D eigenvalue weighted by atomic mass is 10.2. The molecule has 0 radical (unpaired) electrons. The third-order valence-corrected chi connectivity index (χ3v) is 2.98. The van der Waals surface area contributed by atoms with Gasteiger partial charge < -0.3 is 0 Å². The van der Waals surface area contributed by atoms with E-state index < -0.39 is 0 Å². The summed E-state index contributed by atoms with van der Waals surface area (Å²) in [7, 11) is 0. The van der Waals surface area contributed by atoms with E-state index in [1.54, 1.807) is 11.3 Å². The molecule has 0 atom stereocenters. The van der Waals surface area contributed by atoms with Gasteiger partial charge in [-0.2, -0.15) is 0 Å². The molecule has 0 bridgehead atoms. The molecule has 0 aliphatic rings. The van der Waals surface area contributed by atoms with Gasteiger partial charge in [0.2, 0.25) is 4.96 Å². The van der Waals surface area contributed by atoms with E-state index in [0.29, 0.717) is 5.92 Å². The van der Waals surface area contributed by atoms with Gasteiger partial charge in [-0.05, 0) is 21.8 Å². The lowest BCUT2D eigenvalue weighted by molar-refractivity contribution is 0.829. The van der Waals surface area contributed by atoms with Crippen molar-refractivity contribution in [3.8, 4) is 0 Å². The predicted molar refractivity (Wildman–Crippen MR) is 52.7 cm³/mol. The van der Waals surface area contributed by atoms with E-state index in [1.807, 2.05) is 10.7 Å². The van der Waals surface area contributed by atoms with Crippen LogP contribution in [0.2, 0.25) is 0 Å². The quantitative estimate of drug-likeness (QED) is 0.774. The van der Waals surface area contributed by atoms with Gasteiger partial charge in [0, 0.05) is 0 Å². The Hall–Kier alpha value is -0.420. The number of nitrogens with zero attached hydrogens (tertiary/aromatic N) is 3. The van der Waals surface area contributed by atoms with Crippen molar-refractivity contribution >= 4 is 32.2 Å². The zero-order valence-electron chi connectivity index (χ0n) is 6.78. The molecule has 5 heteroatoms. The number of imidazole rings is 1. The zero-order chi connectivity index (χ0) is 8.72. The summed E-state index contributed by atoms with van der Waals surface area (Å²) < 4.78 is 2.68. The number of fused-ring (bicyclic) bond motifs is 1. The Labute approximate surface area is 82.6 Å². The standard InChI is InChI=1S/C7H8BrN3S/c1-4(2)5-3-11-7(9-5)12-6(8)10-11/h3-4H,1-2H3. The fraction of sp³-hybridized carbons (Fsp3) is 0.429. The molecule has 0 fully saturated rings. The number of hydrogen-bond donors (Lipinski definition) is 0. The molecule has 0 spiro atoms.